The number of carboxylic acid groups (broad SMARTS) is 5. The van der Waals surface area contributed by atoms with Gasteiger partial charge in [-0.2, -0.15) is 12.9 Å². The van der Waals surface area contributed by atoms with Gasteiger partial charge in [-0.05, 0) is 248 Å². The summed E-state index contributed by atoms with van der Waals surface area (Å²) in [5, 5.41) is 73.2. The first kappa shape index (κ1) is 131. The monoisotopic (exact) mass is 2170 g/mol. The molecule has 3 fully saturated rings. The molecular weight excluding hydrogens is 2010 g/mol. The molecule has 3 saturated heterocycles. The SMILES string of the molecule is C.CC(=O)CCCCCCCCCC(=O)O.CNc1cc(C)c(/C=C/S(=O)(=O)N2CCC(N)(C(N)=O)CC2)c(C)c1.CNc1cc(C)c(/C=C/S(=O)(=O)N2CCC3(CC2)N=C(CCCCCCCCCC(=O)O)NC3=O)c(C)c1.Cc1cc(N(C)C(N)=O)cc(C)c1/C=C/S(=O)(=O)N1CCC2(CC1)N=C(CCCCCCCCCC(=O)O)NC2=O.N#C[O-].O=C(O)CCCCCCCCCC(=O)O.[2H]CI.[K+]. The third-order valence-corrected chi connectivity index (χ3v) is 29.6. The second-order valence-electron chi connectivity index (χ2n) is 35.9. The quantitative estimate of drug-likeness (QED) is 0.00821. The van der Waals surface area contributed by atoms with E-state index in [0.717, 1.165) is 235 Å². The van der Waals surface area contributed by atoms with Crippen molar-refractivity contribution in [1.82, 2.24) is 23.5 Å². The standard InChI is InChI=1S/C29H43N5O6S.C28H42N4O5S.C17H26N4O3S.C12H22O3.C11H20O4.CH3I.CHNO.CH4.K/c1-21-19-23(33(3)28(30)38)20-22(2)24(21)13-18-41(39,40)34-16-14-29(15-17-34)27(37)31-25(32-29)11-9-7-5-4-6-8-10-12-26(35)36;1-21-19-23(29-3)20-22(2)24(21)13-18-38(36,37)32-16-14-28(15-17-32)27(35)30-25(31-28)11-9-7-5-4-6-8-10-12-26(33)34;1-12-10-14(20-3)11-13(2)15(12)4-9-25(23,24)21-7-5-17(19,6-8-21)16(18)22;1-11(13)9-7-5-3-2-4-6-8-10-12(14)15;12-10(13)8-6-4-2-1-3-5-7-9-11(14)15;1-2;2-1-3;;/h13,18-20H,4-12,14-17H2,1-3H3,(H2,30,38)(H,35,36)(H,31,32,37);13,18-20,29H,4-12,14-17H2,1-3H3,(H,33,34)(H,30,31,35);4,9-11,20H,5-8,19H2,1-3H3,(H2,18,22);2-10H2,1H3,(H,14,15);1-9H2,(H,12,13)(H,14,15);1H3;3H;1H4;/q;;;;;;;;+1/p-1/b2*18-13+;9-4+;;;;;;/i;;;;;1D;;;. The number of benzene rings is 3. The molecule has 0 aromatic heterocycles. The largest absolute Gasteiger partial charge is 1.00 e. The van der Waals surface area contributed by atoms with Crippen molar-refractivity contribution < 1.29 is 157 Å². The summed E-state index contributed by atoms with van der Waals surface area (Å²) < 4.78 is 87.8. The van der Waals surface area contributed by atoms with Crippen LogP contribution in [0.3, 0.4) is 0 Å². The number of hydrogen-bond donors (Lipinski definition) is 12. The van der Waals surface area contributed by atoms with Crippen LogP contribution in [0.1, 0.15) is 335 Å². The molecule has 788 valence electrons. The maximum absolute atomic E-state index is 13.1. The van der Waals surface area contributed by atoms with Crippen molar-refractivity contribution in [2.45, 2.75) is 342 Å². The minimum absolute atomic E-state index is 0. The van der Waals surface area contributed by atoms with Gasteiger partial charge in [0.15, 0.2) is 0 Å². The van der Waals surface area contributed by atoms with Crippen molar-refractivity contribution >= 4 is 159 Å². The number of anilines is 3. The topological polar surface area (TPSA) is 585 Å². The molecule has 2 spiro atoms. The molecule has 5 amide bonds. The van der Waals surface area contributed by atoms with Crippen LogP contribution in [-0.2, 0) is 73.2 Å². The third-order valence-electron chi connectivity index (χ3n) is 24.9. The van der Waals surface area contributed by atoms with E-state index in [1.54, 1.807) is 44.3 Å². The molecule has 36 nitrogen and oxygen atoms in total. The molecule has 141 heavy (non-hydrogen) atoms. The molecule has 5 aliphatic heterocycles. The van der Waals surface area contributed by atoms with Gasteiger partial charge in [0.2, 0.25) is 36.0 Å². The van der Waals surface area contributed by atoms with E-state index in [4.69, 9.17) is 64.5 Å². The number of Topliss-reactive ketones (excluding diaryl/α,β-unsaturated/α-hetero) is 1. The number of carbonyl (C=O) groups excluding carboxylic acids is 5. The molecule has 0 atom stereocenters. The normalized spacial score (nSPS) is 15.4. The molecule has 0 unspecified atom stereocenters. The van der Waals surface area contributed by atoms with E-state index >= 15 is 0 Å². The zero-order valence-electron chi connectivity index (χ0n) is 85.2. The predicted octanol–water partition coefficient (Wildman–Crippen LogP) is 13.0. The van der Waals surface area contributed by atoms with Crippen LogP contribution >= 0.6 is 22.6 Å². The summed E-state index contributed by atoms with van der Waals surface area (Å²) in [5.41, 5.74) is 24.4. The fourth-order valence-electron chi connectivity index (χ4n) is 16.6. The average Bonchev–Trinajstić information content (AvgIpc) is 1.63. The Morgan fingerprint density at radius 1 is 0.468 bits per heavy atom. The number of amides is 5. The number of carboxylic acids is 5. The molecule has 0 radical (unpaired) electrons. The molecule has 0 saturated carbocycles. The number of amidine groups is 2. The van der Waals surface area contributed by atoms with E-state index in [0.29, 0.717) is 79.9 Å². The summed E-state index contributed by atoms with van der Waals surface area (Å²) in [6.45, 7) is 14.4. The Balaban J connectivity index is 0.00000181. The number of hydrogen-bond acceptors (Lipinski definition) is 23. The van der Waals surface area contributed by atoms with Crippen LogP contribution in [0.25, 0.3) is 18.2 Å². The number of nitrogens with zero attached hydrogens (tertiary/aromatic N) is 7. The summed E-state index contributed by atoms with van der Waals surface area (Å²) in [7, 11) is -5.62. The van der Waals surface area contributed by atoms with Gasteiger partial charge in [0.05, 0.1) is 5.54 Å². The molecule has 0 bridgehead atoms. The van der Waals surface area contributed by atoms with Crippen molar-refractivity contribution in [3.63, 3.8) is 0 Å². The number of urea groups is 1. The molecule has 3 aromatic rings. The van der Waals surface area contributed by atoms with Crippen LogP contribution in [0, 0.1) is 53.1 Å². The van der Waals surface area contributed by atoms with E-state index in [1.165, 1.54) is 40.5 Å². The number of alkyl halides is 1. The Bertz CT molecular complexity index is 4900. The zero-order valence-corrected chi connectivity index (χ0v) is 91.9. The first-order valence-electron chi connectivity index (χ1n) is 48.9. The number of aryl methyl sites for hydroxylation is 6. The van der Waals surface area contributed by atoms with Crippen LogP contribution in [0.4, 0.5) is 21.9 Å². The van der Waals surface area contributed by atoms with E-state index in [-0.39, 0.29) is 154 Å². The number of rotatable bonds is 53. The number of nitrogens with two attached hydrogens (primary N) is 3. The molecule has 0 aliphatic carbocycles. The fraction of sp³-hybridized carbons (Fsp3) is 0.630. The van der Waals surface area contributed by atoms with Gasteiger partial charge in [-0.25, -0.2) is 35.3 Å². The van der Waals surface area contributed by atoms with E-state index < -0.39 is 88.5 Å². The van der Waals surface area contributed by atoms with Gasteiger partial charge in [-0.1, -0.05) is 158 Å². The maximum atomic E-state index is 13.1. The molecule has 15 N–H and O–H groups in total. The minimum Gasteiger partial charge on any atom is -0.812 e. The number of piperidine rings is 3. The zero-order chi connectivity index (χ0) is 105. The smallest absolute Gasteiger partial charge is 0.812 e. The Hall–Kier alpha value is -8.13. The first-order valence-corrected chi connectivity index (χ1v) is 54.2. The van der Waals surface area contributed by atoms with Gasteiger partial charge in [0, 0.05) is 153 Å². The molecular formula is C100H160IKN14O22S3. The van der Waals surface area contributed by atoms with Gasteiger partial charge >= 0.3 is 87.3 Å². The maximum Gasteiger partial charge on any atom is 1.00 e. The summed E-state index contributed by atoms with van der Waals surface area (Å²) in [4.78, 5) is 122. The van der Waals surface area contributed by atoms with Crippen molar-refractivity contribution in [3.8, 4) is 6.26 Å². The summed E-state index contributed by atoms with van der Waals surface area (Å²) in [6.07, 6.45) is 38.3. The third kappa shape index (κ3) is 51.5. The number of unbranched alkanes of at least 4 members (excludes halogenated alkanes) is 24. The summed E-state index contributed by atoms with van der Waals surface area (Å²) in [6, 6.07) is 10.9. The van der Waals surface area contributed by atoms with Crippen molar-refractivity contribution in [2.24, 2.45) is 27.2 Å². The number of halogens is 1. The Morgan fingerprint density at radius 3 is 0.908 bits per heavy atom. The van der Waals surface area contributed by atoms with Crippen LogP contribution < -0.4 is 99.9 Å². The van der Waals surface area contributed by atoms with Crippen molar-refractivity contribution in [2.75, 3.05) is 80.9 Å². The number of nitrogens with one attached hydrogen (secondary N) is 4. The van der Waals surface area contributed by atoms with Gasteiger partial charge in [0.1, 0.15) is 28.5 Å². The number of nitriles is 1. The number of ketones is 1. The van der Waals surface area contributed by atoms with E-state index in [9.17, 15) is 73.2 Å². The van der Waals surface area contributed by atoms with E-state index in [2.05, 4.69) is 21.3 Å². The van der Waals surface area contributed by atoms with E-state index in [1.807, 2.05) is 102 Å². The van der Waals surface area contributed by atoms with Crippen LogP contribution in [0.2, 0.25) is 0 Å². The Morgan fingerprint density at radius 2 is 0.688 bits per heavy atom. The number of sulfonamides is 3. The van der Waals surface area contributed by atoms with Crippen molar-refractivity contribution in [1.29, 1.82) is 5.26 Å². The summed E-state index contributed by atoms with van der Waals surface area (Å²) >= 11 is 1.96. The second kappa shape index (κ2) is 70.6. The van der Waals surface area contributed by atoms with Crippen LogP contribution in [0.15, 0.2) is 62.6 Å². The fourth-order valence-corrected chi connectivity index (χ4v) is 20.1. The van der Waals surface area contributed by atoms with Gasteiger partial charge in [-0.3, -0.25) is 53.2 Å². The summed E-state index contributed by atoms with van der Waals surface area (Å²) in [5.74, 6) is -2.81. The average molecular weight is 2170 g/mol. The molecule has 8 rings (SSSR count). The van der Waals surface area contributed by atoms with Gasteiger partial charge < -0.3 is 73.9 Å². The molecule has 5 aliphatic rings. The predicted molar refractivity (Wildman–Crippen MR) is 561 cm³/mol. The molecule has 3 aromatic carbocycles. The minimum atomic E-state index is -3.71. The number of carbonyl (C=O) groups is 10. The molecule has 5 heterocycles. The molecule has 41 heteroatoms. The van der Waals surface area contributed by atoms with Gasteiger partial charge in [0.25, 0.3) is 11.8 Å². The number of aliphatic imine (C=N–C) groups is 2. The first-order chi connectivity index (χ1) is 66.1. The Labute approximate surface area is 895 Å². The van der Waals surface area contributed by atoms with Gasteiger partial charge in [-0.15, -0.1) is 0 Å². The Kier molecular flexibility index (Phi) is 65.5. The number of aliphatic carboxylic acids is 5. The number of primary amides is 2. The van der Waals surface area contributed by atoms with Crippen molar-refractivity contribution in [3.05, 3.63) is 103 Å². The van der Waals surface area contributed by atoms with Crippen LogP contribution in [-0.4, -0.2) is 217 Å². The second-order valence-corrected chi connectivity index (χ2v) is 41.4. The van der Waals surface area contributed by atoms with Crippen LogP contribution in [0.5, 0.6) is 0 Å².